The van der Waals surface area contributed by atoms with Crippen molar-refractivity contribution in [1.29, 1.82) is 0 Å². The summed E-state index contributed by atoms with van der Waals surface area (Å²) in [6.07, 6.45) is 1.23. The van der Waals surface area contributed by atoms with Crippen LogP contribution in [-0.4, -0.2) is 49.6 Å². The lowest BCUT2D eigenvalue weighted by Crippen LogP contribution is -2.34. The van der Waals surface area contributed by atoms with Gasteiger partial charge in [0.25, 0.3) is 0 Å². The number of aryl methyl sites for hydroxylation is 1. The van der Waals surface area contributed by atoms with Crippen molar-refractivity contribution in [2.75, 3.05) is 34.2 Å². The minimum absolute atomic E-state index is 0.182. The van der Waals surface area contributed by atoms with E-state index in [4.69, 9.17) is 0 Å². The molecule has 1 N–H and O–H groups in total. The van der Waals surface area contributed by atoms with Crippen LogP contribution in [-0.2, 0) is 13.1 Å². The van der Waals surface area contributed by atoms with Crippen molar-refractivity contribution in [3.8, 4) is 0 Å². The molecule has 0 aliphatic rings. The molecule has 21 heavy (non-hydrogen) atoms. The van der Waals surface area contributed by atoms with E-state index in [9.17, 15) is 0 Å². The Labute approximate surface area is 135 Å². The highest BCUT2D eigenvalue weighted by molar-refractivity contribution is 7.12. The van der Waals surface area contributed by atoms with Crippen molar-refractivity contribution < 1.29 is 0 Å². The van der Waals surface area contributed by atoms with Gasteiger partial charge < -0.3 is 15.1 Å². The molecule has 0 saturated carbocycles. The molecule has 0 aliphatic carbocycles. The highest BCUT2D eigenvalue weighted by Crippen LogP contribution is 2.23. The maximum atomic E-state index is 3.57. The van der Waals surface area contributed by atoms with Crippen LogP contribution in [0.3, 0.4) is 0 Å². The van der Waals surface area contributed by atoms with Gasteiger partial charge in [0.05, 0.1) is 0 Å². The molecule has 1 heterocycles. The largest absolute Gasteiger partial charge is 0.309 e. The predicted octanol–water partition coefficient (Wildman–Crippen LogP) is 3.33. The Hall–Kier alpha value is -0.420. The van der Waals surface area contributed by atoms with Crippen molar-refractivity contribution in [2.45, 2.75) is 52.7 Å². The van der Waals surface area contributed by atoms with Crippen LogP contribution in [0.4, 0.5) is 0 Å². The molecule has 0 amide bonds. The van der Waals surface area contributed by atoms with Crippen LogP contribution in [0, 0.1) is 6.92 Å². The number of thiophene rings is 1. The van der Waals surface area contributed by atoms with Crippen molar-refractivity contribution in [2.24, 2.45) is 0 Å². The number of hydrogen-bond acceptors (Lipinski definition) is 4. The van der Waals surface area contributed by atoms with Gasteiger partial charge in [0.1, 0.15) is 0 Å². The lowest BCUT2D eigenvalue weighted by atomic mass is 10.1. The minimum atomic E-state index is 0.182. The van der Waals surface area contributed by atoms with Crippen molar-refractivity contribution in [3.63, 3.8) is 0 Å². The van der Waals surface area contributed by atoms with Gasteiger partial charge in [0.15, 0.2) is 0 Å². The first kappa shape index (κ1) is 18.6. The Balaban J connectivity index is 2.46. The molecule has 0 bridgehead atoms. The van der Waals surface area contributed by atoms with Gasteiger partial charge in [0.2, 0.25) is 0 Å². The van der Waals surface area contributed by atoms with Crippen LogP contribution < -0.4 is 5.32 Å². The molecule has 0 spiro atoms. The van der Waals surface area contributed by atoms with Gasteiger partial charge >= 0.3 is 0 Å². The standard InChI is InChI=1S/C17H33N3S/c1-14-15(13-20(7)10-8-9-19(5)6)11-16(21-14)12-18-17(2,3)4/h11,18H,8-10,12-13H2,1-7H3. The van der Waals surface area contributed by atoms with Gasteiger partial charge in [-0.05, 0) is 80.0 Å². The lowest BCUT2D eigenvalue weighted by Gasteiger charge is -2.19. The topological polar surface area (TPSA) is 18.5 Å². The van der Waals surface area contributed by atoms with Crippen LogP contribution in [0.5, 0.6) is 0 Å². The van der Waals surface area contributed by atoms with Gasteiger partial charge in [-0.1, -0.05) is 0 Å². The van der Waals surface area contributed by atoms with Crippen LogP contribution in [0.15, 0.2) is 6.07 Å². The van der Waals surface area contributed by atoms with Crippen LogP contribution >= 0.6 is 11.3 Å². The number of hydrogen-bond donors (Lipinski definition) is 1. The first-order valence-electron chi connectivity index (χ1n) is 7.84. The van der Waals surface area contributed by atoms with E-state index in [0.29, 0.717) is 0 Å². The number of nitrogens with zero attached hydrogens (tertiary/aromatic N) is 2. The second-order valence-corrected chi connectivity index (χ2v) is 8.63. The summed E-state index contributed by atoms with van der Waals surface area (Å²) < 4.78 is 0. The second kappa shape index (κ2) is 8.28. The summed E-state index contributed by atoms with van der Waals surface area (Å²) in [5.41, 5.74) is 1.67. The quantitative estimate of drug-likeness (QED) is 0.794. The number of nitrogens with one attached hydrogen (secondary N) is 1. The fourth-order valence-corrected chi connectivity index (χ4v) is 3.20. The van der Waals surface area contributed by atoms with E-state index in [0.717, 1.165) is 26.2 Å². The molecule has 1 aromatic heterocycles. The number of rotatable bonds is 8. The molecule has 0 radical (unpaired) electrons. The Morgan fingerprint density at radius 1 is 1.14 bits per heavy atom. The molecule has 0 atom stereocenters. The average Bonchev–Trinajstić information content (AvgIpc) is 2.66. The average molecular weight is 312 g/mol. The molecule has 0 saturated heterocycles. The van der Waals surface area contributed by atoms with E-state index in [2.05, 4.69) is 70.0 Å². The summed E-state index contributed by atoms with van der Waals surface area (Å²) in [5.74, 6) is 0. The molecule has 122 valence electrons. The van der Waals surface area contributed by atoms with Gasteiger partial charge in [-0.25, -0.2) is 0 Å². The smallest absolute Gasteiger partial charge is 0.0304 e. The molecule has 0 aromatic carbocycles. The zero-order chi connectivity index (χ0) is 16.0. The fraction of sp³-hybridized carbons (Fsp3) is 0.765. The predicted molar refractivity (Wildman–Crippen MR) is 95.2 cm³/mol. The molecule has 0 unspecified atom stereocenters. The normalized spacial score (nSPS) is 12.6. The molecule has 0 fully saturated rings. The molecule has 1 aromatic rings. The van der Waals surface area contributed by atoms with E-state index >= 15 is 0 Å². The first-order valence-corrected chi connectivity index (χ1v) is 8.65. The monoisotopic (exact) mass is 311 g/mol. The third kappa shape index (κ3) is 7.96. The summed E-state index contributed by atoms with van der Waals surface area (Å²) in [7, 11) is 6.49. The molecule has 1 rings (SSSR count). The van der Waals surface area contributed by atoms with Crippen molar-refractivity contribution in [1.82, 2.24) is 15.1 Å². The zero-order valence-corrected chi connectivity index (χ0v) is 15.7. The van der Waals surface area contributed by atoms with Gasteiger partial charge in [-0.2, -0.15) is 0 Å². The summed E-state index contributed by atoms with van der Waals surface area (Å²) in [6, 6.07) is 2.38. The minimum Gasteiger partial charge on any atom is -0.309 e. The SMILES string of the molecule is Cc1sc(CNC(C)(C)C)cc1CN(C)CCCN(C)C. The van der Waals surface area contributed by atoms with E-state index in [-0.39, 0.29) is 5.54 Å². The second-order valence-electron chi connectivity index (χ2n) is 7.29. The zero-order valence-electron chi connectivity index (χ0n) is 14.9. The molecule has 3 nitrogen and oxygen atoms in total. The maximum Gasteiger partial charge on any atom is 0.0304 e. The molecular weight excluding hydrogens is 278 g/mol. The highest BCUT2D eigenvalue weighted by Gasteiger charge is 2.12. The fourth-order valence-electron chi connectivity index (χ4n) is 2.21. The van der Waals surface area contributed by atoms with Crippen molar-refractivity contribution >= 4 is 11.3 Å². The lowest BCUT2D eigenvalue weighted by molar-refractivity contribution is 0.294. The summed E-state index contributed by atoms with van der Waals surface area (Å²) in [4.78, 5) is 7.58. The third-order valence-electron chi connectivity index (χ3n) is 3.45. The first-order chi connectivity index (χ1) is 9.67. The van der Waals surface area contributed by atoms with Gasteiger partial charge in [0, 0.05) is 28.4 Å². The molecule has 4 heteroatoms. The highest BCUT2D eigenvalue weighted by atomic mass is 32.1. The van der Waals surface area contributed by atoms with Crippen LogP contribution in [0.1, 0.15) is 42.5 Å². The van der Waals surface area contributed by atoms with E-state index in [1.54, 1.807) is 0 Å². The third-order valence-corrected chi connectivity index (χ3v) is 4.54. The van der Waals surface area contributed by atoms with E-state index in [1.807, 2.05) is 11.3 Å². The summed E-state index contributed by atoms with van der Waals surface area (Å²) in [6.45, 7) is 13.2. The maximum absolute atomic E-state index is 3.57. The Morgan fingerprint density at radius 2 is 1.81 bits per heavy atom. The molecular formula is C17H33N3S. The van der Waals surface area contributed by atoms with Crippen LogP contribution in [0.2, 0.25) is 0 Å². The summed E-state index contributed by atoms with van der Waals surface area (Å²) in [5, 5.41) is 3.57. The van der Waals surface area contributed by atoms with E-state index in [1.165, 1.54) is 21.7 Å². The van der Waals surface area contributed by atoms with Gasteiger partial charge in [-0.15, -0.1) is 11.3 Å². The summed E-state index contributed by atoms with van der Waals surface area (Å²) >= 11 is 1.93. The van der Waals surface area contributed by atoms with Gasteiger partial charge in [-0.3, -0.25) is 0 Å². The van der Waals surface area contributed by atoms with Crippen molar-refractivity contribution in [3.05, 3.63) is 21.4 Å². The Bertz CT molecular complexity index is 418. The Morgan fingerprint density at radius 3 is 2.38 bits per heavy atom. The Kier molecular flexibility index (Phi) is 7.34. The van der Waals surface area contributed by atoms with E-state index < -0.39 is 0 Å². The molecule has 0 aliphatic heterocycles. The van der Waals surface area contributed by atoms with Crippen LogP contribution in [0.25, 0.3) is 0 Å².